The van der Waals surface area contributed by atoms with E-state index in [2.05, 4.69) is 46.5 Å². The molecule has 2 aliphatic rings. The normalized spacial score (nSPS) is 18.0. The molecule has 0 aromatic carbocycles. The summed E-state index contributed by atoms with van der Waals surface area (Å²) < 4.78 is 57.5. The van der Waals surface area contributed by atoms with Crippen LogP contribution >= 0.6 is 66.6 Å². The summed E-state index contributed by atoms with van der Waals surface area (Å²) in [5.41, 5.74) is 0. The molecule has 48 heavy (non-hydrogen) atoms. The monoisotopic (exact) mass is 890 g/mol. The maximum Gasteiger partial charge on any atom is 0.321 e. The predicted octanol–water partition coefficient (Wildman–Crippen LogP) is 7.85. The van der Waals surface area contributed by atoms with Crippen LogP contribution in [-0.2, 0) is 24.8 Å². The molecule has 270 valence electrons. The molecule has 4 rings (SSSR count). The number of hydrogen-bond acceptors (Lipinski definition) is 9. The van der Waals surface area contributed by atoms with Gasteiger partial charge in [0, 0.05) is 36.8 Å². The largest absolute Gasteiger partial charge is 0.480 e. The van der Waals surface area contributed by atoms with Gasteiger partial charge in [-0.05, 0) is 99.9 Å². The Hall–Kier alpha value is -0.460. The van der Waals surface area contributed by atoms with Gasteiger partial charge in [-0.15, -0.1) is 11.3 Å². The van der Waals surface area contributed by atoms with Gasteiger partial charge in [0.05, 0.1) is 4.47 Å². The Morgan fingerprint density at radius 3 is 2.10 bits per heavy atom. The Labute approximate surface area is 315 Å². The molecule has 2 aliphatic heterocycles. The van der Waals surface area contributed by atoms with E-state index in [1.807, 2.05) is 6.26 Å². The minimum Gasteiger partial charge on any atom is -0.480 e. The number of aromatic nitrogens is 1. The molecule has 17 heteroatoms. The summed E-state index contributed by atoms with van der Waals surface area (Å²) in [6.45, 7) is 2.86. The first kappa shape index (κ1) is 40.3. The van der Waals surface area contributed by atoms with Crippen LogP contribution in [-0.4, -0.2) is 81.4 Å². The van der Waals surface area contributed by atoms with Gasteiger partial charge in [0.15, 0.2) is 0 Å². The number of carbonyl (C=O) groups is 1. The topological polar surface area (TPSA) is 137 Å². The summed E-state index contributed by atoms with van der Waals surface area (Å²) in [6.07, 6.45) is 15.8. The molecule has 2 saturated heterocycles. The van der Waals surface area contributed by atoms with Gasteiger partial charge in [-0.2, -0.15) is 20.8 Å². The van der Waals surface area contributed by atoms with Gasteiger partial charge in [-0.25, -0.2) is 21.8 Å². The summed E-state index contributed by atoms with van der Waals surface area (Å²) in [7, 11) is -7.51. The van der Waals surface area contributed by atoms with Crippen molar-refractivity contribution in [3.63, 3.8) is 0 Å². The number of halogens is 3. The van der Waals surface area contributed by atoms with Crippen molar-refractivity contribution < 1.29 is 26.7 Å². The number of carboxylic acids is 1. The third-order valence-electron chi connectivity index (χ3n) is 9.24. The standard InChI is InChI=1S/C31H45Br2ClN4O6S4/c1-45-18-13-27(31(39)40)36-47(41,42)24-19-26(33)30(35-21-24)37-14-9-22(10-15-37)7-5-3-2-4-6-8-23-11-16-38(17-12-23)48(43,44)28-20-25(32)29(34)46-28/h19-23,27,36H,2-18H2,1H3,(H,39,40). The van der Waals surface area contributed by atoms with Crippen LogP contribution in [0.3, 0.4) is 0 Å². The van der Waals surface area contributed by atoms with Gasteiger partial charge in [-0.1, -0.05) is 56.5 Å². The van der Waals surface area contributed by atoms with Crippen molar-refractivity contribution in [3.05, 3.63) is 31.6 Å². The zero-order valence-electron chi connectivity index (χ0n) is 27.1. The van der Waals surface area contributed by atoms with Gasteiger partial charge >= 0.3 is 5.97 Å². The van der Waals surface area contributed by atoms with Gasteiger partial charge in [0.25, 0.3) is 10.0 Å². The first-order valence-electron chi connectivity index (χ1n) is 16.4. The molecule has 2 N–H and O–H groups in total. The van der Waals surface area contributed by atoms with Crippen LogP contribution in [0.15, 0.2) is 36.4 Å². The van der Waals surface area contributed by atoms with E-state index in [1.165, 1.54) is 62.6 Å². The molecule has 0 aliphatic carbocycles. The number of piperidine rings is 2. The second-order valence-electron chi connectivity index (χ2n) is 12.6. The molecular formula is C31H45Br2ClN4O6S4. The Kier molecular flexibility index (Phi) is 15.8. The second-order valence-corrected chi connectivity index (χ2v) is 20.8. The highest BCUT2D eigenvalue weighted by Gasteiger charge is 2.31. The van der Waals surface area contributed by atoms with E-state index in [9.17, 15) is 26.7 Å². The lowest BCUT2D eigenvalue weighted by Crippen LogP contribution is -2.41. The number of nitrogens with zero attached hydrogens (tertiary/aromatic N) is 3. The molecule has 2 fully saturated rings. The van der Waals surface area contributed by atoms with Gasteiger partial charge in [0.1, 0.15) is 25.3 Å². The molecule has 4 heterocycles. The van der Waals surface area contributed by atoms with Crippen molar-refractivity contribution in [2.24, 2.45) is 11.8 Å². The molecule has 0 amide bonds. The number of carboxylic acid groups (broad SMARTS) is 1. The van der Waals surface area contributed by atoms with Crippen molar-refractivity contribution in [2.45, 2.75) is 92.2 Å². The van der Waals surface area contributed by atoms with Crippen LogP contribution in [0.25, 0.3) is 0 Å². The van der Waals surface area contributed by atoms with Gasteiger partial charge in [0.2, 0.25) is 10.0 Å². The number of anilines is 1. The number of hydrogen-bond donors (Lipinski definition) is 2. The van der Waals surface area contributed by atoms with Crippen LogP contribution < -0.4 is 9.62 Å². The lowest BCUT2D eigenvalue weighted by atomic mass is 9.90. The van der Waals surface area contributed by atoms with Crippen molar-refractivity contribution in [1.82, 2.24) is 14.0 Å². The summed E-state index contributed by atoms with van der Waals surface area (Å²) >= 11 is 15.4. The first-order valence-corrected chi connectivity index (χ1v) is 23.5. The fourth-order valence-corrected chi connectivity index (χ4v) is 12.7. The molecule has 0 saturated carbocycles. The van der Waals surface area contributed by atoms with E-state index in [0.29, 0.717) is 54.0 Å². The third-order valence-corrected chi connectivity index (χ3v) is 16.7. The van der Waals surface area contributed by atoms with Gasteiger partial charge < -0.3 is 10.0 Å². The number of thioether (sulfide) groups is 1. The molecule has 1 atom stereocenters. The third kappa shape index (κ3) is 11.3. The van der Waals surface area contributed by atoms with E-state index in [0.717, 1.165) is 56.5 Å². The van der Waals surface area contributed by atoms with Crippen molar-refractivity contribution in [3.8, 4) is 0 Å². The fourth-order valence-electron chi connectivity index (χ4n) is 6.37. The molecule has 2 aromatic heterocycles. The van der Waals surface area contributed by atoms with Crippen molar-refractivity contribution >= 4 is 98.4 Å². The smallest absolute Gasteiger partial charge is 0.321 e. The summed E-state index contributed by atoms with van der Waals surface area (Å²) in [6, 6.07) is 1.91. The van der Waals surface area contributed by atoms with E-state index in [1.54, 1.807) is 10.4 Å². The Balaban J connectivity index is 1.09. The number of nitrogens with one attached hydrogen (secondary N) is 1. The Morgan fingerprint density at radius 2 is 1.58 bits per heavy atom. The first-order chi connectivity index (χ1) is 22.8. The Bertz CT molecular complexity index is 1560. The van der Waals surface area contributed by atoms with Gasteiger partial charge in [-0.3, -0.25) is 4.79 Å². The summed E-state index contributed by atoms with van der Waals surface area (Å²) in [5, 5.41) is 9.42. The SMILES string of the molecule is CSCCC(NS(=O)(=O)c1cnc(N2CCC(CCCCCCCC3CCN(S(=O)(=O)c4cc(Br)c(Cl)s4)CC3)CC2)c(Br)c1)C(=O)O. The minimum absolute atomic E-state index is 0.0613. The number of unbranched alkanes of at least 4 members (excludes halogenated alkanes) is 4. The number of aliphatic carboxylic acids is 1. The predicted molar refractivity (Wildman–Crippen MR) is 202 cm³/mol. The maximum atomic E-state index is 13.0. The van der Waals surface area contributed by atoms with Crippen LogP contribution in [0, 0.1) is 11.8 Å². The van der Waals surface area contributed by atoms with Crippen molar-refractivity contribution in [1.29, 1.82) is 0 Å². The fraction of sp³-hybridized carbons (Fsp3) is 0.677. The number of thiophene rings is 1. The molecule has 0 radical (unpaired) electrons. The lowest BCUT2D eigenvalue weighted by molar-refractivity contribution is -0.139. The highest BCUT2D eigenvalue weighted by molar-refractivity contribution is 9.11. The van der Waals surface area contributed by atoms with Crippen molar-refractivity contribution in [2.75, 3.05) is 43.1 Å². The molecule has 0 spiro atoms. The molecule has 0 bridgehead atoms. The van der Waals surface area contributed by atoms with Crippen LogP contribution in [0.2, 0.25) is 4.34 Å². The minimum atomic E-state index is -4.03. The van der Waals surface area contributed by atoms with E-state index < -0.39 is 32.1 Å². The van der Waals surface area contributed by atoms with Crippen LogP contribution in [0.4, 0.5) is 5.82 Å². The summed E-state index contributed by atoms with van der Waals surface area (Å²) in [4.78, 5) is 18.1. The Morgan fingerprint density at radius 1 is 1.00 bits per heavy atom. The van der Waals surface area contributed by atoms with E-state index >= 15 is 0 Å². The van der Waals surface area contributed by atoms with Crippen LogP contribution in [0.5, 0.6) is 0 Å². The van der Waals surface area contributed by atoms with E-state index in [-0.39, 0.29) is 11.3 Å². The second kappa shape index (κ2) is 18.9. The average molecular weight is 893 g/mol. The van der Waals surface area contributed by atoms with E-state index in [4.69, 9.17) is 11.6 Å². The molecule has 1 unspecified atom stereocenters. The number of rotatable bonds is 18. The highest BCUT2D eigenvalue weighted by atomic mass is 79.9. The average Bonchev–Trinajstić information content (AvgIpc) is 3.41. The molecule has 2 aromatic rings. The maximum absolute atomic E-state index is 13.0. The highest BCUT2D eigenvalue weighted by Crippen LogP contribution is 2.37. The zero-order chi connectivity index (χ0) is 34.9. The lowest BCUT2D eigenvalue weighted by Gasteiger charge is -2.33. The number of sulfonamides is 2. The summed E-state index contributed by atoms with van der Waals surface area (Å²) in [5.74, 6) is 1.30. The quantitative estimate of drug-likeness (QED) is 0.144. The zero-order valence-corrected chi connectivity index (χ0v) is 34.3. The van der Waals surface area contributed by atoms with Crippen LogP contribution in [0.1, 0.15) is 77.0 Å². The number of pyridine rings is 1. The molecular weight excluding hydrogens is 848 g/mol. The molecule has 10 nitrogen and oxygen atoms in total.